The quantitative estimate of drug-likeness (QED) is 0.813. The van der Waals surface area contributed by atoms with Crippen LogP contribution >= 0.6 is 0 Å². The second-order valence-electron chi connectivity index (χ2n) is 4.99. The minimum Gasteiger partial charge on any atom is -0.369 e. The van der Waals surface area contributed by atoms with Gasteiger partial charge in [0.1, 0.15) is 0 Å². The maximum atomic E-state index is 11.7. The molecule has 0 aliphatic heterocycles. The third kappa shape index (κ3) is 1.84. The molecule has 16 heavy (non-hydrogen) atoms. The third-order valence-electron chi connectivity index (χ3n) is 3.97. The van der Waals surface area contributed by atoms with Crippen LogP contribution < -0.4 is 5.73 Å². The molecule has 1 amide bonds. The second kappa shape index (κ2) is 4.28. The van der Waals surface area contributed by atoms with Crippen LogP contribution in [0.2, 0.25) is 0 Å². The molecule has 0 heterocycles. The van der Waals surface area contributed by atoms with Gasteiger partial charge in [-0.25, -0.2) is 0 Å². The highest BCUT2D eigenvalue weighted by atomic mass is 16.1. The van der Waals surface area contributed by atoms with Crippen molar-refractivity contribution >= 4 is 5.91 Å². The molecule has 0 radical (unpaired) electrons. The first-order valence-corrected chi connectivity index (χ1v) is 5.99. The number of carbonyl (C=O) groups is 1. The number of carbonyl (C=O) groups excluding carboxylic acids is 1. The normalized spacial score (nSPS) is 29.9. The molecule has 0 spiro atoms. The fraction of sp³-hybridized carbons (Fsp3) is 0.500. The SMILES string of the molecule is CC1(C(N)=O)CCCCC1c1ccccc1. The summed E-state index contributed by atoms with van der Waals surface area (Å²) in [5, 5.41) is 0. The molecule has 1 saturated carbocycles. The van der Waals surface area contributed by atoms with Crippen molar-refractivity contribution in [3.63, 3.8) is 0 Å². The average molecular weight is 217 g/mol. The van der Waals surface area contributed by atoms with Gasteiger partial charge in [-0.1, -0.05) is 50.1 Å². The van der Waals surface area contributed by atoms with Crippen LogP contribution in [-0.4, -0.2) is 5.91 Å². The molecule has 2 heteroatoms. The maximum Gasteiger partial charge on any atom is 0.223 e. The Morgan fingerprint density at radius 3 is 2.62 bits per heavy atom. The van der Waals surface area contributed by atoms with E-state index in [2.05, 4.69) is 12.1 Å². The maximum absolute atomic E-state index is 11.7. The second-order valence-corrected chi connectivity index (χ2v) is 4.99. The van der Waals surface area contributed by atoms with Crippen molar-refractivity contribution in [1.29, 1.82) is 0 Å². The molecule has 1 aliphatic rings. The van der Waals surface area contributed by atoms with Crippen LogP contribution in [-0.2, 0) is 4.79 Å². The summed E-state index contributed by atoms with van der Waals surface area (Å²) in [4.78, 5) is 11.7. The van der Waals surface area contributed by atoms with Crippen LogP contribution in [0.5, 0.6) is 0 Å². The third-order valence-corrected chi connectivity index (χ3v) is 3.97. The van der Waals surface area contributed by atoms with Crippen LogP contribution in [0.3, 0.4) is 0 Å². The van der Waals surface area contributed by atoms with Gasteiger partial charge in [0.2, 0.25) is 5.91 Å². The van der Waals surface area contributed by atoms with Crippen molar-refractivity contribution in [3.05, 3.63) is 35.9 Å². The van der Waals surface area contributed by atoms with Crippen LogP contribution in [0.15, 0.2) is 30.3 Å². The van der Waals surface area contributed by atoms with Gasteiger partial charge in [-0.15, -0.1) is 0 Å². The molecule has 2 rings (SSSR count). The Morgan fingerprint density at radius 1 is 1.31 bits per heavy atom. The average Bonchev–Trinajstić information content (AvgIpc) is 2.30. The first-order valence-electron chi connectivity index (χ1n) is 5.99. The molecular formula is C14H19NO. The van der Waals surface area contributed by atoms with Crippen LogP contribution in [0.25, 0.3) is 0 Å². The van der Waals surface area contributed by atoms with Crippen molar-refractivity contribution in [2.45, 2.75) is 38.5 Å². The van der Waals surface area contributed by atoms with E-state index in [-0.39, 0.29) is 11.3 Å². The molecule has 86 valence electrons. The zero-order valence-corrected chi connectivity index (χ0v) is 9.78. The number of benzene rings is 1. The molecule has 1 aliphatic carbocycles. The standard InChI is InChI=1S/C14H19NO/c1-14(13(15)16)10-6-5-9-12(14)11-7-3-2-4-8-11/h2-4,7-8,12H,5-6,9-10H2,1H3,(H2,15,16). The minimum absolute atomic E-state index is 0.152. The van der Waals surface area contributed by atoms with Gasteiger partial charge in [0.15, 0.2) is 0 Å². The van der Waals surface area contributed by atoms with E-state index in [9.17, 15) is 4.79 Å². The predicted octanol–water partition coefficient (Wildman–Crippen LogP) is 2.84. The highest BCUT2D eigenvalue weighted by molar-refractivity contribution is 5.81. The Kier molecular flexibility index (Phi) is 2.99. The molecule has 2 nitrogen and oxygen atoms in total. The van der Waals surface area contributed by atoms with E-state index in [4.69, 9.17) is 5.73 Å². The molecule has 0 aromatic heterocycles. The summed E-state index contributed by atoms with van der Waals surface area (Å²) < 4.78 is 0. The number of rotatable bonds is 2. The first-order chi connectivity index (χ1) is 7.64. The molecular weight excluding hydrogens is 198 g/mol. The minimum atomic E-state index is -0.362. The zero-order chi connectivity index (χ0) is 11.6. The lowest BCUT2D eigenvalue weighted by atomic mass is 9.64. The molecule has 2 unspecified atom stereocenters. The van der Waals surface area contributed by atoms with E-state index < -0.39 is 0 Å². The summed E-state index contributed by atoms with van der Waals surface area (Å²) in [6, 6.07) is 10.3. The smallest absolute Gasteiger partial charge is 0.223 e. The number of nitrogens with two attached hydrogens (primary N) is 1. The molecule has 1 aromatic carbocycles. The van der Waals surface area contributed by atoms with Crippen molar-refractivity contribution in [2.24, 2.45) is 11.1 Å². The van der Waals surface area contributed by atoms with E-state index in [0.29, 0.717) is 5.92 Å². The Hall–Kier alpha value is -1.31. The Labute approximate surface area is 96.8 Å². The number of hydrogen-bond acceptors (Lipinski definition) is 1. The predicted molar refractivity (Wildman–Crippen MR) is 65.0 cm³/mol. The van der Waals surface area contributed by atoms with Crippen LogP contribution in [0, 0.1) is 5.41 Å². The van der Waals surface area contributed by atoms with E-state index in [1.54, 1.807) is 0 Å². The van der Waals surface area contributed by atoms with Crippen molar-refractivity contribution in [1.82, 2.24) is 0 Å². The van der Waals surface area contributed by atoms with Crippen molar-refractivity contribution in [2.75, 3.05) is 0 Å². The number of amides is 1. The lowest BCUT2D eigenvalue weighted by Crippen LogP contribution is -2.41. The highest BCUT2D eigenvalue weighted by Crippen LogP contribution is 2.46. The summed E-state index contributed by atoms with van der Waals surface area (Å²) in [5.41, 5.74) is 6.48. The first kappa shape index (κ1) is 11.2. The van der Waals surface area contributed by atoms with E-state index in [0.717, 1.165) is 19.3 Å². The molecule has 1 aromatic rings. The molecule has 2 atom stereocenters. The zero-order valence-electron chi connectivity index (χ0n) is 9.78. The molecule has 0 bridgehead atoms. The van der Waals surface area contributed by atoms with E-state index in [1.165, 1.54) is 12.0 Å². The van der Waals surface area contributed by atoms with E-state index >= 15 is 0 Å². The summed E-state index contributed by atoms with van der Waals surface area (Å²) in [6.45, 7) is 2.02. The Bertz CT molecular complexity index is 374. The molecule has 2 N–H and O–H groups in total. The van der Waals surface area contributed by atoms with Gasteiger partial charge in [0.05, 0.1) is 5.41 Å². The Morgan fingerprint density at radius 2 is 2.00 bits per heavy atom. The molecule has 1 fully saturated rings. The van der Waals surface area contributed by atoms with Gasteiger partial charge in [-0.05, 0) is 24.3 Å². The summed E-state index contributed by atoms with van der Waals surface area (Å²) >= 11 is 0. The number of primary amides is 1. The van der Waals surface area contributed by atoms with Crippen molar-refractivity contribution < 1.29 is 4.79 Å². The Balaban J connectivity index is 2.34. The van der Waals surface area contributed by atoms with Gasteiger partial charge in [0.25, 0.3) is 0 Å². The fourth-order valence-electron chi connectivity index (χ4n) is 2.85. The van der Waals surface area contributed by atoms with Gasteiger partial charge in [-0.3, -0.25) is 4.79 Å². The molecule has 0 saturated heterocycles. The van der Waals surface area contributed by atoms with Gasteiger partial charge < -0.3 is 5.73 Å². The summed E-state index contributed by atoms with van der Waals surface area (Å²) in [6.07, 6.45) is 4.30. The fourth-order valence-corrected chi connectivity index (χ4v) is 2.85. The topological polar surface area (TPSA) is 43.1 Å². The largest absolute Gasteiger partial charge is 0.369 e. The van der Waals surface area contributed by atoms with Crippen LogP contribution in [0.4, 0.5) is 0 Å². The number of hydrogen-bond donors (Lipinski definition) is 1. The monoisotopic (exact) mass is 217 g/mol. The van der Waals surface area contributed by atoms with E-state index in [1.807, 2.05) is 25.1 Å². The van der Waals surface area contributed by atoms with Crippen LogP contribution in [0.1, 0.15) is 44.1 Å². The highest BCUT2D eigenvalue weighted by Gasteiger charge is 2.41. The lowest BCUT2D eigenvalue weighted by Gasteiger charge is -2.39. The van der Waals surface area contributed by atoms with Crippen molar-refractivity contribution in [3.8, 4) is 0 Å². The summed E-state index contributed by atoms with van der Waals surface area (Å²) in [5.74, 6) is 0.140. The van der Waals surface area contributed by atoms with Gasteiger partial charge in [0, 0.05) is 0 Å². The van der Waals surface area contributed by atoms with Gasteiger partial charge >= 0.3 is 0 Å². The van der Waals surface area contributed by atoms with Gasteiger partial charge in [-0.2, -0.15) is 0 Å². The summed E-state index contributed by atoms with van der Waals surface area (Å²) in [7, 11) is 0. The lowest BCUT2D eigenvalue weighted by molar-refractivity contribution is -0.129.